The van der Waals surface area contributed by atoms with Crippen molar-refractivity contribution in [3.63, 3.8) is 0 Å². The molecule has 0 radical (unpaired) electrons. The molecule has 1 amide bonds. The zero-order valence-corrected chi connectivity index (χ0v) is 19.6. The topological polar surface area (TPSA) is 67.1 Å². The fraction of sp³-hybridized carbons (Fsp3) is 0.174. The lowest BCUT2D eigenvalue weighted by Gasteiger charge is -2.13. The van der Waals surface area contributed by atoms with E-state index < -0.39 is 0 Å². The molecule has 0 N–H and O–H groups in total. The average Bonchev–Trinajstić information content (AvgIpc) is 3.40. The van der Waals surface area contributed by atoms with E-state index in [0.29, 0.717) is 26.2 Å². The number of nitrogens with zero attached hydrogens (tertiary/aromatic N) is 4. The number of benzene rings is 2. The second-order valence-electron chi connectivity index (χ2n) is 7.41. The number of hydrazone groups is 1. The van der Waals surface area contributed by atoms with Crippen LogP contribution >= 0.6 is 23.1 Å². The van der Waals surface area contributed by atoms with Gasteiger partial charge in [0, 0.05) is 25.1 Å². The van der Waals surface area contributed by atoms with Crippen LogP contribution in [0.1, 0.15) is 6.92 Å². The predicted octanol–water partition coefficient (Wildman–Crippen LogP) is 2.34. The van der Waals surface area contributed by atoms with Gasteiger partial charge < -0.3 is 14.2 Å². The van der Waals surface area contributed by atoms with Crippen LogP contribution in [0.3, 0.4) is 0 Å². The molecule has 0 saturated heterocycles. The third-order valence-corrected chi connectivity index (χ3v) is 8.08. The van der Waals surface area contributed by atoms with Gasteiger partial charge in [0.25, 0.3) is 11.5 Å². The maximum absolute atomic E-state index is 13.3. The summed E-state index contributed by atoms with van der Waals surface area (Å²) in [7, 11) is 5.27. The molecule has 0 aliphatic carbocycles. The average molecular weight is 465 g/mol. The van der Waals surface area contributed by atoms with Crippen molar-refractivity contribution in [1.29, 1.82) is 0 Å². The van der Waals surface area contributed by atoms with E-state index in [4.69, 9.17) is 4.74 Å². The Hall–Kier alpha value is -3.30. The second-order valence-corrected chi connectivity index (χ2v) is 9.44. The minimum Gasteiger partial charge on any atom is -0.497 e. The van der Waals surface area contributed by atoms with E-state index >= 15 is 0 Å². The van der Waals surface area contributed by atoms with E-state index in [1.165, 1.54) is 16.3 Å². The zero-order chi connectivity index (χ0) is 22.6. The lowest BCUT2D eigenvalue weighted by atomic mass is 10.2. The van der Waals surface area contributed by atoms with Crippen LogP contribution in [-0.4, -0.2) is 30.3 Å². The standard InChI is InChI=1S/C23H20N4O3S2/c1-13-18(20(28)27(24-13)14-8-6-5-7-9-14)22-26(3)21(29)19(32-22)23-25(2)16-12-15(30-4)10-11-17(16)31-23/h5-12H,1-4H3. The van der Waals surface area contributed by atoms with Gasteiger partial charge in [0.2, 0.25) is 0 Å². The summed E-state index contributed by atoms with van der Waals surface area (Å²) in [6.45, 7) is 1.80. The van der Waals surface area contributed by atoms with Crippen LogP contribution in [0.25, 0.3) is 10.6 Å². The number of thioether (sulfide) groups is 1. The van der Waals surface area contributed by atoms with Gasteiger partial charge in [0.15, 0.2) is 0 Å². The molecule has 0 atom stereocenters. The number of methoxy groups -OCH3 is 1. The van der Waals surface area contributed by atoms with Crippen LogP contribution in [0.5, 0.6) is 5.75 Å². The van der Waals surface area contributed by atoms with Crippen LogP contribution < -0.4 is 29.4 Å². The van der Waals surface area contributed by atoms with Crippen LogP contribution in [0.15, 0.2) is 63.3 Å². The number of hydrogen-bond acceptors (Lipinski definition) is 7. The monoisotopic (exact) mass is 464 g/mol. The van der Waals surface area contributed by atoms with Gasteiger partial charge in [0.1, 0.15) is 20.0 Å². The highest BCUT2D eigenvalue weighted by Crippen LogP contribution is 2.46. The molecule has 0 unspecified atom stereocenters. The van der Waals surface area contributed by atoms with Crippen molar-refractivity contribution in [2.24, 2.45) is 12.1 Å². The summed E-state index contributed by atoms with van der Waals surface area (Å²) in [6, 6.07) is 15.1. The highest BCUT2D eigenvalue weighted by atomic mass is 32.2. The largest absolute Gasteiger partial charge is 0.497 e. The summed E-state index contributed by atoms with van der Waals surface area (Å²) in [6.07, 6.45) is 0. The normalized spacial score (nSPS) is 18.9. The molecule has 162 valence electrons. The van der Waals surface area contributed by atoms with Crippen molar-refractivity contribution in [3.05, 3.63) is 68.1 Å². The molecule has 0 saturated carbocycles. The Labute approximate surface area is 192 Å². The Bertz CT molecular complexity index is 1470. The molecule has 0 spiro atoms. The third kappa shape index (κ3) is 3.08. The number of thiazole rings is 1. The summed E-state index contributed by atoms with van der Waals surface area (Å²) in [4.78, 5) is 29.5. The highest BCUT2D eigenvalue weighted by molar-refractivity contribution is 8.08. The van der Waals surface area contributed by atoms with Gasteiger partial charge in [-0.15, -0.1) is 11.3 Å². The van der Waals surface area contributed by atoms with E-state index in [0.717, 1.165) is 21.4 Å². The van der Waals surface area contributed by atoms with E-state index in [1.807, 2.05) is 60.5 Å². The first-order valence-electron chi connectivity index (χ1n) is 9.90. The van der Waals surface area contributed by atoms with Crippen molar-refractivity contribution in [1.82, 2.24) is 4.57 Å². The molecule has 2 aliphatic rings. The molecule has 9 heteroatoms. The number of amides is 1. The van der Waals surface area contributed by atoms with Crippen LogP contribution in [0.4, 0.5) is 11.4 Å². The molecule has 2 aromatic carbocycles. The first-order valence-corrected chi connectivity index (χ1v) is 11.5. The van der Waals surface area contributed by atoms with Crippen molar-refractivity contribution < 1.29 is 9.53 Å². The predicted molar refractivity (Wildman–Crippen MR) is 130 cm³/mol. The Kier molecular flexibility index (Phi) is 4.94. The number of fused-ring (bicyclic) bond motifs is 1. The molecule has 3 heterocycles. The smallest absolute Gasteiger partial charge is 0.283 e. The first kappa shape index (κ1) is 20.6. The van der Waals surface area contributed by atoms with Gasteiger partial charge in [-0.05, 0) is 31.2 Å². The number of carbonyl (C=O) groups is 1. The number of carbonyl (C=O) groups excluding carboxylic acids is 1. The Morgan fingerprint density at radius 2 is 1.78 bits per heavy atom. The van der Waals surface area contributed by atoms with Crippen LogP contribution in [0.2, 0.25) is 0 Å². The molecule has 0 fully saturated rings. The van der Waals surface area contributed by atoms with Crippen molar-refractivity contribution in [2.45, 2.75) is 11.8 Å². The summed E-state index contributed by atoms with van der Waals surface area (Å²) in [5, 5.41) is 6.69. The van der Waals surface area contributed by atoms with Gasteiger partial charge >= 0.3 is 0 Å². The molecular weight excluding hydrogens is 444 g/mol. The van der Waals surface area contributed by atoms with Gasteiger partial charge in [-0.25, -0.2) is 0 Å². The quantitative estimate of drug-likeness (QED) is 0.583. The Morgan fingerprint density at radius 3 is 2.50 bits per heavy atom. The van der Waals surface area contributed by atoms with Gasteiger partial charge in [-0.3, -0.25) is 9.59 Å². The fourth-order valence-corrected chi connectivity index (χ4v) is 6.27. The van der Waals surface area contributed by atoms with E-state index in [2.05, 4.69) is 5.10 Å². The van der Waals surface area contributed by atoms with E-state index in [9.17, 15) is 9.59 Å². The summed E-state index contributed by atoms with van der Waals surface area (Å²) in [5.74, 6) is 0.528. The SMILES string of the molecule is COc1ccc2c(c1)N(C)C(=c1sc(=C3C(=O)N(c4ccccc4)N=C3C)n(C)c1=O)S2. The van der Waals surface area contributed by atoms with E-state index in [-0.39, 0.29) is 11.5 Å². The number of rotatable bonds is 2. The van der Waals surface area contributed by atoms with Crippen molar-refractivity contribution in [2.75, 3.05) is 24.1 Å². The number of anilines is 2. The summed E-state index contributed by atoms with van der Waals surface area (Å²) < 4.78 is 8.09. The molecule has 0 bridgehead atoms. The fourth-order valence-electron chi connectivity index (χ4n) is 3.76. The summed E-state index contributed by atoms with van der Waals surface area (Å²) in [5.41, 5.74) is 2.59. The van der Waals surface area contributed by atoms with Crippen molar-refractivity contribution in [3.8, 4) is 5.75 Å². The molecule has 2 aliphatic heterocycles. The molecule has 7 nitrogen and oxygen atoms in total. The molecule has 5 rings (SSSR count). The van der Waals surface area contributed by atoms with Gasteiger partial charge in [-0.2, -0.15) is 10.1 Å². The van der Waals surface area contributed by atoms with Crippen LogP contribution in [-0.2, 0) is 11.8 Å². The minimum atomic E-state index is -0.234. The first-order chi connectivity index (χ1) is 15.4. The molecule has 32 heavy (non-hydrogen) atoms. The summed E-state index contributed by atoms with van der Waals surface area (Å²) >= 11 is 2.87. The lowest BCUT2D eigenvalue weighted by Crippen LogP contribution is -2.33. The number of hydrogen-bond donors (Lipinski definition) is 0. The third-order valence-electron chi connectivity index (χ3n) is 5.47. The molecule has 1 aromatic heterocycles. The highest BCUT2D eigenvalue weighted by Gasteiger charge is 2.32. The van der Waals surface area contributed by atoms with Gasteiger partial charge in [0.05, 0.1) is 29.8 Å². The maximum Gasteiger partial charge on any atom is 0.283 e. The zero-order valence-electron chi connectivity index (χ0n) is 17.9. The van der Waals surface area contributed by atoms with Crippen molar-refractivity contribution >= 4 is 56.7 Å². The second kappa shape index (κ2) is 7.68. The maximum atomic E-state index is 13.3. The Balaban J connectivity index is 1.67. The van der Waals surface area contributed by atoms with Crippen LogP contribution in [0, 0.1) is 0 Å². The molecule has 3 aromatic rings. The molecular formula is C23H20N4O3S2. The lowest BCUT2D eigenvalue weighted by molar-refractivity contribution is -0.112. The minimum absolute atomic E-state index is 0.134. The van der Waals surface area contributed by atoms with E-state index in [1.54, 1.807) is 37.4 Å². The number of aromatic nitrogens is 1. The Morgan fingerprint density at radius 1 is 1.03 bits per heavy atom. The van der Waals surface area contributed by atoms with Gasteiger partial charge in [-0.1, -0.05) is 30.0 Å². The number of ether oxygens (including phenoxy) is 1. The number of para-hydroxylation sites is 1.